The number of nitrogens with two attached hydrogens (primary N) is 1. The zero-order valence-corrected chi connectivity index (χ0v) is 20.6. The van der Waals surface area contributed by atoms with E-state index in [1.54, 1.807) is 24.3 Å². The summed E-state index contributed by atoms with van der Waals surface area (Å²) in [5.41, 5.74) is 9.07. The van der Waals surface area contributed by atoms with Crippen molar-refractivity contribution in [3.05, 3.63) is 89.0 Å². The van der Waals surface area contributed by atoms with Crippen LogP contribution in [0.4, 0.5) is 5.69 Å². The molecule has 0 aliphatic rings. The molecule has 3 aromatic carbocycles. The third-order valence-corrected chi connectivity index (χ3v) is 6.00. The van der Waals surface area contributed by atoms with E-state index in [1.807, 2.05) is 24.3 Å². The van der Waals surface area contributed by atoms with Crippen LogP contribution in [0.15, 0.2) is 66.7 Å². The van der Waals surface area contributed by atoms with Gasteiger partial charge in [-0.2, -0.15) is 0 Å². The zero-order chi connectivity index (χ0) is 25.9. The Morgan fingerprint density at radius 1 is 0.917 bits per heavy atom. The van der Waals surface area contributed by atoms with E-state index in [9.17, 15) is 19.8 Å². The lowest BCUT2D eigenvalue weighted by Gasteiger charge is -2.13. The average molecular weight is 491 g/mol. The fourth-order valence-electron chi connectivity index (χ4n) is 3.82. The molecule has 1 unspecified atom stereocenters. The summed E-state index contributed by atoms with van der Waals surface area (Å²) in [6.07, 6.45) is 7.03. The molecule has 36 heavy (non-hydrogen) atoms. The van der Waals surface area contributed by atoms with Crippen LogP contribution in [0.3, 0.4) is 0 Å². The molecule has 1 atom stereocenters. The Balaban J connectivity index is 1.48. The number of anilines is 1. The molecule has 0 saturated heterocycles. The highest BCUT2D eigenvalue weighted by Crippen LogP contribution is 2.23. The van der Waals surface area contributed by atoms with Gasteiger partial charge in [0, 0.05) is 17.3 Å². The van der Waals surface area contributed by atoms with Gasteiger partial charge in [-0.25, -0.2) is 4.79 Å². The summed E-state index contributed by atoms with van der Waals surface area (Å²) in [6, 6.07) is 17.9. The second-order valence-corrected chi connectivity index (χ2v) is 8.86. The molecule has 1 amide bonds. The number of esters is 1. The molecule has 5 N–H and O–H groups in total. The number of aromatic hydroxyl groups is 2. The highest BCUT2D eigenvalue weighted by molar-refractivity contribution is 6.04. The van der Waals surface area contributed by atoms with Crippen LogP contribution in [0.1, 0.15) is 83.3 Å². The van der Waals surface area contributed by atoms with Gasteiger partial charge in [-0.3, -0.25) is 4.79 Å². The summed E-state index contributed by atoms with van der Waals surface area (Å²) in [4.78, 5) is 24.8. The molecule has 0 bridgehead atoms. The van der Waals surface area contributed by atoms with Gasteiger partial charge in [0.1, 0.15) is 23.7 Å². The summed E-state index contributed by atoms with van der Waals surface area (Å²) >= 11 is 0. The number of rotatable bonds is 12. The lowest BCUT2D eigenvalue weighted by Crippen LogP contribution is -2.13. The second kappa shape index (κ2) is 13.3. The maximum atomic E-state index is 12.6. The molecule has 0 radical (unpaired) electrons. The number of unbranched alkanes of at least 4 members (excludes halogenated alkanes) is 4. The van der Waals surface area contributed by atoms with Crippen molar-refractivity contribution in [2.24, 2.45) is 5.73 Å². The molecule has 0 aliphatic heterocycles. The van der Waals surface area contributed by atoms with Crippen molar-refractivity contribution in [3.8, 4) is 11.5 Å². The Kier molecular flexibility index (Phi) is 9.89. The minimum Gasteiger partial charge on any atom is -0.508 e. The molecular formula is C29H34N2O5. The van der Waals surface area contributed by atoms with E-state index in [1.165, 1.54) is 37.8 Å². The van der Waals surface area contributed by atoms with E-state index in [0.29, 0.717) is 16.8 Å². The molecule has 190 valence electrons. The molecule has 3 aromatic rings. The van der Waals surface area contributed by atoms with Crippen LogP contribution in [0.25, 0.3) is 0 Å². The fraction of sp³-hybridized carbons (Fsp3) is 0.310. The molecule has 0 heterocycles. The Labute approximate surface area is 211 Å². The Morgan fingerprint density at radius 2 is 1.61 bits per heavy atom. The number of phenolic OH excluding ortho intramolecular Hbond substituents is 2. The van der Waals surface area contributed by atoms with Crippen LogP contribution in [0.5, 0.6) is 11.5 Å². The van der Waals surface area contributed by atoms with Gasteiger partial charge < -0.3 is 26.0 Å². The highest BCUT2D eigenvalue weighted by atomic mass is 16.5. The van der Waals surface area contributed by atoms with Crippen molar-refractivity contribution in [1.29, 1.82) is 0 Å². The van der Waals surface area contributed by atoms with E-state index in [2.05, 4.69) is 12.2 Å². The molecule has 0 aliphatic carbocycles. The molecule has 0 aromatic heterocycles. The summed E-state index contributed by atoms with van der Waals surface area (Å²) in [5.74, 6) is -1.44. The van der Waals surface area contributed by atoms with Gasteiger partial charge >= 0.3 is 5.97 Å². The Morgan fingerprint density at radius 3 is 2.31 bits per heavy atom. The number of carbonyl (C=O) groups excluding carboxylic acids is 2. The van der Waals surface area contributed by atoms with Crippen molar-refractivity contribution < 1.29 is 24.5 Å². The van der Waals surface area contributed by atoms with Gasteiger partial charge in [-0.15, -0.1) is 0 Å². The van der Waals surface area contributed by atoms with Crippen LogP contribution < -0.4 is 11.1 Å². The lowest BCUT2D eigenvalue weighted by atomic mass is 10.0. The van der Waals surface area contributed by atoms with Gasteiger partial charge in [-0.05, 0) is 60.0 Å². The first kappa shape index (κ1) is 26.8. The first-order valence-electron chi connectivity index (χ1n) is 12.3. The van der Waals surface area contributed by atoms with Gasteiger partial charge in [0.2, 0.25) is 0 Å². The summed E-state index contributed by atoms with van der Waals surface area (Å²) in [7, 11) is 0. The minimum absolute atomic E-state index is 0.00503. The Hall–Kier alpha value is -3.84. The number of nitrogens with one attached hydrogen (secondary N) is 1. The lowest BCUT2D eigenvalue weighted by molar-refractivity contribution is 0.0468. The molecular weight excluding hydrogens is 456 g/mol. The smallest absolute Gasteiger partial charge is 0.342 e. The first-order valence-corrected chi connectivity index (χ1v) is 12.3. The predicted molar refractivity (Wildman–Crippen MR) is 140 cm³/mol. The zero-order valence-electron chi connectivity index (χ0n) is 20.6. The normalized spacial score (nSPS) is 11.6. The predicted octanol–water partition coefficient (Wildman–Crippen LogP) is 6.07. The van der Waals surface area contributed by atoms with Crippen LogP contribution in [-0.2, 0) is 11.3 Å². The number of amides is 1. The van der Waals surface area contributed by atoms with Gasteiger partial charge in [0.25, 0.3) is 5.91 Å². The monoisotopic (exact) mass is 490 g/mol. The van der Waals surface area contributed by atoms with E-state index in [-0.39, 0.29) is 35.6 Å². The first-order chi connectivity index (χ1) is 17.4. The van der Waals surface area contributed by atoms with Crippen LogP contribution in [-0.4, -0.2) is 22.1 Å². The van der Waals surface area contributed by atoms with Crippen LogP contribution in [0, 0.1) is 0 Å². The maximum absolute atomic E-state index is 12.6. The van der Waals surface area contributed by atoms with Gasteiger partial charge in [0.05, 0.1) is 0 Å². The van der Waals surface area contributed by atoms with E-state index < -0.39 is 5.97 Å². The fourth-order valence-corrected chi connectivity index (χ4v) is 3.82. The topological polar surface area (TPSA) is 122 Å². The highest BCUT2D eigenvalue weighted by Gasteiger charge is 2.14. The number of benzene rings is 3. The summed E-state index contributed by atoms with van der Waals surface area (Å²) in [5, 5.41) is 22.1. The maximum Gasteiger partial charge on any atom is 0.342 e. The van der Waals surface area contributed by atoms with Crippen molar-refractivity contribution in [2.75, 3.05) is 5.32 Å². The Bertz CT molecular complexity index is 1140. The van der Waals surface area contributed by atoms with Crippen molar-refractivity contribution in [1.82, 2.24) is 0 Å². The molecule has 3 rings (SSSR count). The van der Waals surface area contributed by atoms with Crippen LogP contribution in [0.2, 0.25) is 0 Å². The number of ether oxygens (including phenoxy) is 1. The summed E-state index contributed by atoms with van der Waals surface area (Å²) in [6.45, 7) is 2.16. The largest absolute Gasteiger partial charge is 0.508 e. The van der Waals surface area contributed by atoms with E-state index in [4.69, 9.17) is 10.5 Å². The van der Waals surface area contributed by atoms with Gasteiger partial charge in [0.15, 0.2) is 0 Å². The van der Waals surface area contributed by atoms with Crippen molar-refractivity contribution in [3.63, 3.8) is 0 Å². The molecule has 7 heteroatoms. The standard InChI is InChI=1S/C29H34N2O5/c1-2-3-4-5-6-7-26(30)21-12-14-23(15-13-21)31-28(34)22-10-8-20(9-11-22)19-36-29(35)25-18-24(32)16-17-27(25)33/h8-18,26,32-33H,2-7,19,30H2,1H3,(H,31,34). The molecule has 0 saturated carbocycles. The second-order valence-electron chi connectivity index (χ2n) is 8.86. The number of hydrogen-bond acceptors (Lipinski definition) is 6. The summed E-state index contributed by atoms with van der Waals surface area (Å²) < 4.78 is 5.20. The third kappa shape index (κ3) is 7.85. The van der Waals surface area contributed by atoms with Gasteiger partial charge in [-0.1, -0.05) is 63.3 Å². The molecule has 7 nitrogen and oxygen atoms in total. The van der Waals surface area contributed by atoms with Crippen molar-refractivity contribution in [2.45, 2.75) is 58.1 Å². The molecule has 0 fully saturated rings. The van der Waals surface area contributed by atoms with Crippen LogP contribution >= 0.6 is 0 Å². The molecule has 0 spiro atoms. The third-order valence-electron chi connectivity index (χ3n) is 6.00. The number of carbonyl (C=O) groups is 2. The number of phenols is 2. The van der Waals surface area contributed by atoms with E-state index >= 15 is 0 Å². The van der Waals surface area contributed by atoms with E-state index in [0.717, 1.165) is 24.5 Å². The minimum atomic E-state index is -0.759. The SMILES string of the molecule is CCCCCCCC(N)c1ccc(NC(=O)c2ccc(COC(=O)c3cc(O)ccc3O)cc2)cc1. The van der Waals surface area contributed by atoms with Crippen molar-refractivity contribution >= 4 is 17.6 Å². The average Bonchev–Trinajstić information content (AvgIpc) is 2.89. The number of hydrogen-bond donors (Lipinski definition) is 4. The quantitative estimate of drug-likeness (QED) is 0.139.